The number of phenols is 1. The van der Waals surface area contributed by atoms with E-state index in [0.29, 0.717) is 21.4 Å². The smallest absolute Gasteiger partial charge is 0.286 e. The average Bonchev–Trinajstić information content (AvgIpc) is 3.07. The number of carbonyl (C=O) groups is 2. The minimum absolute atomic E-state index is 0.154. The van der Waals surface area contributed by atoms with Crippen molar-refractivity contribution in [1.29, 1.82) is 0 Å². The predicted octanol–water partition coefficient (Wildman–Crippen LogP) is 1.64. The SMILES string of the molecule is COc1cc(/C=C2\SC(N(C)c3ccc(O)cc3)=NC2=O)ccc1OCC(=O)[O-]. The van der Waals surface area contributed by atoms with Crippen LogP contribution in [0.25, 0.3) is 6.08 Å². The standard InChI is InChI=1S/C20H18N2O6S/c1-22(13-4-6-14(23)7-5-13)20-21-19(26)17(29-20)10-12-3-8-15(16(9-12)27-2)28-11-18(24)25/h3-10,23H,11H2,1-2H3,(H,24,25)/p-1/b17-10-. The molecule has 0 saturated carbocycles. The first kappa shape index (κ1) is 20.3. The van der Waals surface area contributed by atoms with Crippen molar-refractivity contribution in [2.24, 2.45) is 4.99 Å². The van der Waals surface area contributed by atoms with Crippen LogP contribution in [-0.2, 0) is 9.59 Å². The highest BCUT2D eigenvalue weighted by Gasteiger charge is 2.25. The molecule has 1 aliphatic rings. The van der Waals surface area contributed by atoms with Gasteiger partial charge in [0.2, 0.25) is 0 Å². The summed E-state index contributed by atoms with van der Waals surface area (Å²) in [7, 11) is 3.21. The van der Waals surface area contributed by atoms with Gasteiger partial charge in [-0.25, -0.2) is 0 Å². The van der Waals surface area contributed by atoms with Gasteiger partial charge in [-0.2, -0.15) is 4.99 Å². The molecular formula is C20H17N2O6S-. The van der Waals surface area contributed by atoms with Crippen molar-refractivity contribution in [2.75, 3.05) is 25.7 Å². The number of rotatable bonds is 6. The Morgan fingerprint density at radius 1 is 1.24 bits per heavy atom. The summed E-state index contributed by atoms with van der Waals surface area (Å²) in [6.07, 6.45) is 1.67. The van der Waals surface area contributed by atoms with Crippen LogP contribution in [0.5, 0.6) is 17.2 Å². The van der Waals surface area contributed by atoms with E-state index in [1.807, 2.05) is 0 Å². The maximum absolute atomic E-state index is 12.3. The summed E-state index contributed by atoms with van der Waals surface area (Å²) in [5.41, 5.74) is 1.45. The van der Waals surface area contributed by atoms with E-state index in [1.165, 1.54) is 18.9 Å². The number of carboxylic acids is 1. The third-order valence-electron chi connectivity index (χ3n) is 3.96. The monoisotopic (exact) mass is 413 g/mol. The normalized spacial score (nSPS) is 14.6. The van der Waals surface area contributed by atoms with E-state index in [1.54, 1.807) is 60.5 Å². The Balaban J connectivity index is 1.77. The third-order valence-corrected chi connectivity index (χ3v) is 5.02. The molecule has 3 rings (SSSR count). The van der Waals surface area contributed by atoms with E-state index >= 15 is 0 Å². The zero-order valence-corrected chi connectivity index (χ0v) is 16.4. The van der Waals surface area contributed by atoms with E-state index in [2.05, 4.69) is 4.99 Å². The van der Waals surface area contributed by atoms with Gasteiger partial charge in [0.15, 0.2) is 16.7 Å². The molecule has 2 aromatic carbocycles. The van der Waals surface area contributed by atoms with Gasteiger partial charge in [0, 0.05) is 12.7 Å². The number of phenolic OH excluding ortho intramolecular Hbond substituents is 1. The molecule has 1 aliphatic heterocycles. The van der Waals surface area contributed by atoms with Crippen molar-refractivity contribution in [3.05, 3.63) is 52.9 Å². The van der Waals surface area contributed by atoms with Crippen LogP contribution in [0.3, 0.4) is 0 Å². The molecule has 0 aromatic heterocycles. The lowest BCUT2D eigenvalue weighted by molar-refractivity contribution is -0.307. The maximum Gasteiger partial charge on any atom is 0.286 e. The van der Waals surface area contributed by atoms with Gasteiger partial charge in [-0.3, -0.25) is 4.79 Å². The topological polar surface area (TPSA) is 111 Å². The Morgan fingerprint density at radius 2 is 1.97 bits per heavy atom. The highest BCUT2D eigenvalue weighted by molar-refractivity contribution is 8.18. The number of aliphatic carboxylic acids is 1. The predicted molar refractivity (Wildman–Crippen MR) is 108 cm³/mol. The number of aromatic hydroxyl groups is 1. The minimum atomic E-state index is -1.34. The molecule has 0 bridgehead atoms. The number of benzene rings is 2. The lowest BCUT2D eigenvalue weighted by atomic mass is 10.2. The van der Waals surface area contributed by atoms with Crippen LogP contribution in [0, 0.1) is 0 Å². The first-order valence-electron chi connectivity index (χ1n) is 8.43. The van der Waals surface area contributed by atoms with Gasteiger partial charge in [0.25, 0.3) is 5.91 Å². The number of aliphatic imine (C=N–C) groups is 1. The molecular weight excluding hydrogens is 396 g/mol. The number of carboxylic acid groups (broad SMARTS) is 1. The van der Waals surface area contributed by atoms with Crippen LogP contribution < -0.4 is 19.5 Å². The second-order valence-corrected chi connectivity index (χ2v) is 6.97. The van der Waals surface area contributed by atoms with Crippen molar-refractivity contribution in [3.63, 3.8) is 0 Å². The molecule has 1 amide bonds. The van der Waals surface area contributed by atoms with E-state index in [4.69, 9.17) is 9.47 Å². The van der Waals surface area contributed by atoms with Crippen molar-refractivity contribution >= 4 is 40.6 Å². The number of anilines is 1. The Hall–Kier alpha value is -3.46. The fraction of sp³-hybridized carbons (Fsp3) is 0.150. The summed E-state index contributed by atoms with van der Waals surface area (Å²) in [5, 5.41) is 20.5. The summed E-state index contributed by atoms with van der Waals surface area (Å²) in [4.78, 5) is 29.1. The highest BCUT2D eigenvalue weighted by atomic mass is 32.2. The molecule has 0 atom stereocenters. The number of nitrogens with zero attached hydrogens (tertiary/aromatic N) is 2. The second kappa shape index (κ2) is 8.70. The van der Waals surface area contributed by atoms with Crippen molar-refractivity contribution in [2.45, 2.75) is 0 Å². The number of hydrogen-bond acceptors (Lipinski definition) is 8. The van der Waals surface area contributed by atoms with Gasteiger partial charge >= 0.3 is 0 Å². The van der Waals surface area contributed by atoms with E-state index in [9.17, 15) is 19.8 Å². The number of methoxy groups -OCH3 is 1. The summed E-state index contributed by atoms with van der Waals surface area (Å²) in [5.74, 6) is -0.965. The molecule has 0 spiro atoms. The Labute approximate surface area is 171 Å². The molecule has 0 unspecified atom stereocenters. The van der Waals surface area contributed by atoms with E-state index in [0.717, 1.165) is 5.69 Å². The number of carbonyl (C=O) groups excluding carboxylic acids is 2. The molecule has 0 fully saturated rings. The first-order valence-corrected chi connectivity index (χ1v) is 9.25. The lowest BCUT2D eigenvalue weighted by Gasteiger charge is -2.17. The fourth-order valence-electron chi connectivity index (χ4n) is 2.51. The number of amides is 1. The minimum Gasteiger partial charge on any atom is -0.546 e. The third kappa shape index (κ3) is 4.88. The number of amidine groups is 1. The van der Waals surface area contributed by atoms with Crippen LogP contribution in [0.2, 0.25) is 0 Å². The van der Waals surface area contributed by atoms with Crippen LogP contribution >= 0.6 is 11.8 Å². The van der Waals surface area contributed by atoms with E-state index in [-0.39, 0.29) is 17.4 Å². The largest absolute Gasteiger partial charge is 0.546 e. The summed E-state index contributed by atoms with van der Waals surface area (Å²) in [6.45, 7) is -0.591. The summed E-state index contributed by atoms with van der Waals surface area (Å²) < 4.78 is 10.3. The number of hydrogen-bond donors (Lipinski definition) is 1. The Bertz CT molecular complexity index is 1000. The quantitative estimate of drug-likeness (QED) is 0.712. The Morgan fingerprint density at radius 3 is 2.62 bits per heavy atom. The molecule has 1 heterocycles. The fourth-order valence-corrected chi connectivity index (χ4v) is 3.40. The lowest BCUT2D eigenvalue weighted by Crippen LogP contribution is -2.29. The van der Waals surface area contributed by atoms with Gasteiger partial charge < -0.3 is 29.4 Å². The number of thioether (sulfide) groups is 1. The van der Waals surface area contributed by atoms with E-state index < -0.39 is 12.6 Å². The molecule has 1 N–H and O–H groups in total. The van der Waals surface area contributed by atoms with Crippen LogP contribution in [0.4, 0.5) is 5.69 Å². The molecule has 8 nitrogen and oxygen atoms in total. The molecule has 9 heteroatoms. The summed E-state index contributed by atoms with van der Waals surface area (Å²) in [6, 6.07) is 11.4. The summed E-state index contributed by atoms with van der Waals surface area (Å²) >= 11 is 1.22. The molecule has 0 radical (unpaired) electrons. The Kier molecular flexibility index (Phi) is 6.08. The zero-order chi connectivity index (χ0) is 21.0. The van der Waals surface area contributed by atoms with Crippen LogP contribution in [-0.4, -0.2) is 42.9 Å². The van der Waals surface area contributed by atoms with Gasteiger partial charge in [0.05, 0.1) is 18.0 Å². The molecule has 0 aliphatic carbocycles. The molecule has 150 valence electrons. The van der Waals surface area contributed by atoms with Crippen molar-refractivity contribution < 1.29 is 29.3 Å². The van der Waals surface area contributed by atoms with Crippen molar-refractivity contribution in [3.8, 4) is 17.2 Å². The second-order valence-electron chi connectivity index (χ2n) is 5.96. The first-order chi connectivity index (χ1) is 13.9. The number of ether oxygens (including phenoxy) is 2. The van der Waals surface area contributed by atoms with Crippen LogP contribution in [0.15, 0.2) is 52.4 Å². The van der Waals surface area contributed by atoms with Gasteiger partial charge in [-0.05, 0) is 59.8 Å². The average molecular weight is 413 g/mol. The zero-order valence-electron chi connectivity index (χ0n) is 15.6. The van der Waals surface area contributed by atoms with Crippen LogP contribution in [0.1, 0.15) is 5.56 Å². The van der Waals surface area contributed by atoms with Gasteiger partial charge in [-0.15, -0.1) is 0 Å². The maximum atomic E-state index is 12.3. The van der Waals surface area contributed by atoms with Gasteiger partial charge in [0.1, 0.15) is 12.4 Å². The van der Waals surface area contributed by atoms with Crippen molar-refractivity contribution in [1.82, 2.24) is 0 Å². The molecule has 0 saturated heterocycles. The van der Waals surface area contributed by atoms with Gasteiger partial charge in [-0.1, -0.05) is 6.07 Å². The molecule has 2 aromatic rings. The molecule has 29 heavy (non-hydrogen) atoms. The highest BCUT2D eigenvalue weighted by Crippen LogP contribution is 2.34.